The largest absolute Gasteiger partial charge is 0.402 e. The molecule has 0 fully saturated rings. The maximum atomic E-state index is 16.1. The average molecular weight is 494 g/mol. The highest BCUT2D eigenvalue weighted by atomic mass is 19.1. The molecular formula is C27H24FN9. The van der Waals surface area contributed by atoms with Crippen molar-refractivity contribution >= 4 is 16.6 Å². The second-order valence-corrected chi connectivity index (χ2v) is 9.25. The molecule has 5 aromatic rings. The second kappa shape index (κ2) is 9.07. The SMILES string of the molecule is CN(C)Cc1cncc(-c2cnc3n[nH]c(-c4nc5c([nH]4)CC(N)=CC=C5c4ccncc4)c3c2F)c1. The molecule has 0 unspecified atom stereocenters. The summed E-state index contributed by atoms with van der Waals surface area (Å²) >= 11 is 0. The number of aromatic nitrogens is 7. The van der Waals surface area contributed by atoms with Gasteiger partial charge in [0.05, 0.1) is 11.1 Å². The van der Waals surface area contributed by atoms with Crippen molar-refractivity contribution in [2.45, 2.75) is 13.0 Å². The predicted octanol–water partition coefficient (Wildman–Crippen LogP) is 3.84. The predicted molar refractivity (Wildman–Crippen MR) is 139 cm³/mol. The summed E-state index contributed by atoms with van der Waals surface area (Å²) in [6, 6.07) is 5.76. The Morgan fingerprint density at radius 3 is 2.70 bits per heavy atom. The van der Waals surface area contributed by atoms with Gasteiger partial charge in [0.25, 0.3) is 0 Å². The van der Waals surface area contributed by atoms with Crippen molar-refractivity contribution in [3.05, 3.63) is 95.4 Å². The zero-order valence-electron chi connectivity index (χ0n) is 20.3. The van der Waals surface area contributed by atoms with Gasteiger partial charge in [-0.25, -0.2) is 14.4 Å². The first-order chi connectivity index (χ1) is 18.0. The minimum Gasteiger partial charge on any atom is -0.402 e. The summed E-state index contributed by atoms with van der Waals surface area (Å²) in [4.78, 5) is 23.1. The third-order valence-corrected chi connectivity index (χ3v) is 6.23. The van der Waals surface area contributed by atoms with E-state index in [1.165, 1.54) is 6.20 Å². The average Bonchev–Trinajstić information content (AvgIpc) is 3.46. The third-order valence-electron chi connectivity index (χ3n) is 6.23. The van der Waals surface area contributed by atoms with Gasteiger partial charge in [-0.15, -0.1) is 0 Å². The highest BCUT2D eigenvalue weighted by Gasteiger charge is 2.24. The number of imidazole rings is 1. The molecule has 5 heterocycles. The summed E-state index contributed by atoms with van der Waals surface area (Å²) in [5.41, 5.74) is 13.0. The molecule has 10 heteroatoms. The number of halogens is 1. The Morgan fingerprint density at radius 2 is 1.89 bits per heavy atom. The Labute approximate surface area is 212 Å². The summed E-state index contributed by atoms with van der Waals surface area (Å²) in [5, 5.41) is 7.44. The normalized spacial score (nSPS) is 13.4. The van der Waals surface area contributed by atoms with E-state index in [9.17, 15) is 0 Å². The monoisotopic (exact) mass is 493 g/mol. The van der Waals surface area contributed by atoms with Gasteiger partial charge in [0, 0.05) is 72.0 Å². The molecule has 5 aromatic heterocycles. The lowest BCUT2D eigenvalue weighted by atomic mass is 10.0. The fraction of sp³-hybridized carbons (Fsp3) is 0.148. The summed E-state index contributed by atoms with van der Waals surface area (Å²) in [5.74, 6) is 0.0212. The van der Waals surface area contributed by atoms with E-state index in [1.807, 2.05) is 49.3 Å². The van der Waals surface area contributed by atoms with Crippen LogP contribution in [0.1, 0.15) is 22.5 Å². The van der Waals surface area contributed by atoms with Gasteiger partial charge in [0.1, 0.15) is 11.5 Å². The zero-order valence-corrected chi connectivity index (χ0v) is 20.3. The van der Waals surface area contributed by atoms with Gasteiger partial charge in [-0.3, -0.25) is 15.1 Å². The number of hydrogen-bond acceptors (Lipinski definition) is 7. The van der Waals surface area contributed by atoms with E-state index in [1.54, 1.807) is 24.8 Å². The lowest BCUT2D eigenvalue weighted by Gasteiger charge is -2.11. The molecule has 9 nitrogen and oxygen atoms in total. The van der Waals surface area contributed by atoms with Crippen LogP contribution in [-0.2, 0) is 13.0 Å². The van der Waals surface area contributed by atoms with E-state index >= 15 is 4.39 Å². The number of pyridine rings is 3. The van der Waals surface area contributed by atoms with Crippen LogP contribution in [0.3, 0.4) is 0 Å². The summed E-state index contributed by atoms with van der Waals surface area (Å²) in [7, 11) is 3.95. The maximum absolute atomic E-state index is 16.1. The second-order valence-electron chi connectivity index (χ2n) is 9.25. The van der Waals surface area contributed by atoms with Crippen LogP contribution in [0.15, 0.2) is 67.0 Å². The summed E-state index contributed by atoms with van der Waals surface area (Å²) in [6.45, 7) is 0.692. The third kappa shape index (κ3) is 4.17. The van der Waals surface area contributed by atoms with E-state index in [4.69, 9.17) is 10.7 Å². The summed E-state index contributed by atoms with van der Waals surface area (Å²) in [6.07, 6.45) is 12.7. The van der Waals surface area contributed by atoms with Gasteiger partial charge in [-0.2, -0.15) is 5.10 Å². The molecule has 0 bridgehead atoms. The smallest absolute Gasteiger partial charge is 0.184 e. The summed E-state index contributed by atoms with van der Waals surface area (Å²) < 4.78 is 16.1. The quantitative estimate of drug-likeness (QED) is 0.340. The molecule has 0 atom stereocenters. The standard InChI is InChI=1S/C27H24FN9/c1-37(2)14-15-9-17(12-31-11-15)20-13-32-26-22(23(20)28)25(35-36-26)27-33-21-10-18(29)3-4-19(24(21)34-27)16-5-7-30-8-6-16/h3-9,11-13H,10,14,29H2,1-2H3,(H,33,34)(H,32,35,36). The first kappa shape index (κ1) is 22.7. The minimum absolute atomic E-state index is 0.261. The van der Waals surface area contributed by atoms with E-state index in [0.29, 0.717) is 41.3 Å². The van der Waals surface area contributed by atoms with Crippen LogP contribution >= 0.6 is 0 Å². The molecule has 0 aromatic carbocycles. The molecule has 0 saturated heterocycles. The Morgan fingerprint density at radius 1 is 1.05 bits per heavy atom. The van der Waals surface area contributed by atoms with Crippen molar-refractivity contribution < 1.29 is 4.39 Å². The van der Waals surface area contributed by atoms with Gasteiger partial charge in [0.2, 0.25) is 0 Å². The van der Waals surface area contributed by atoms with Crippen molar-refractivity contribution in [2.24, 2.45) is 5.73 Å². The van der Waals surface area contributed by atoms with Gasteiger partial charge in [-0.1, -0.05) is 6.08 Å². The minimum atomic E-state index is -0.437. The Balaban J connectivity index is 1.47. The topological polar surface area (TPSA) is 125 Å². The van der Waals surface area contributed by atoms with Crippen molar-refractivity contribution in [3.8, 4) is 22.6 Å². The van der Waals surface area contributed by atoms with Crippen LogP contribution in [0.2, 0.25) is 0 Å². The molecule has 0 spiro atoms. The van der Waals surface area contributed by atoms with Crippen LogP contribution in [-0.4, -0.2) is 54.1 Å². The molecule has 0 saturated carbocycles. The zero-order chi connectivity index (χ0) is 25.5. The molecule has 1 aliphatic carbocycles. The molecular weight excluding hydrogens is 469 g/mol. The van der Waals surface area contributed by atoms with Gasteiger partial charge in [0.15, 0.2) is 11.5 Å². The molecule has 184 valence electrons. The number of hydrogen-bond donors (Lipinski definition) is 3. The van der Waals surface area contributed by atoms with Crippen LogP contribution in [0.5, 0.6) is 0 Å². The van der Waals surface area contributed by atoms with Crippen LogP contribution in [0.4, 0.5) is 4.39 Å². The van der Waals surface area contributed by atoms with Crippen LogP contribution < -0.4 is 5.73 Å². The lowest BCUT2D eigenvalue weighted by Crippen LogP contribution is -2.10. The van der Waals surface area contributed by atoms with Crippen molar-refractivity contribution in [1.82, 2.24) is 40.0 Å². The molecule has 37 heavy (non-hydrogen) atoms. The fourth-order valence-electron chi connectivity index (χ4n) is 4.59. The highest BCUT2D eigenvalue weighted by molar-refractivity contribution is 5.93. The van der Waals surface area contributed by atoms with Gasteiger partial charge < -0.3 is 15.6 Å². The molecule has 6 rings (SSSR count). The molecule has 1 aliphatic rings. The number of fused-ring (bicyclic) bond motifs is 2. The fourth-order valence-corrected chi connectivity index (χ4v) is 4.59. The molecule has 4 N–H and O–H groups in total. The number of nitrogens with two attached hydrogens (primary N) is 1. The Bertz CT molecular complexity index is 1680. The van der Waals surface area contributed by atoms with Crippen LogP contribution in [0, 0.1) is 5.82 Å². The van der Waals surface area contributed by atoms with E-state index in [-0.39, 0.29) is 11.0 Å². The first-order valence-electron chi connectivity index (χ1n) is 11.8. The molecule has 0 radical (unpaired) electrons. The number of nitrogens with one attached hydrogen (secondary N) is 2. The Hall–Kier alpha value is -4.70. The van der Waals surface area contributed by atoms with Crippen LogP contribution in [0.25, 0.3) is 39.3 Å². The number of nitrogens with zero attached hydrogens (tertiary/aromatic N) is 6. The van der Waals surface area contributed by atoms with Gasteiger partial charge >= 0.3 is 0 Å². The highest BCUT2D eigenvalue weighted by Crippen LogP contribution is 2.35. The van der Waals surface area contributed by atoms with E-state index in [2.05, 4.69) is 30.1 Å². The van der Waals surface area contributed by atoms with E-state index < -0.39 is 5.82 Å². The first-order valence-corrected chi connectivity index (χ1v) is 11.8. The maximum Gasteiger partial charge on any atom is 0.184 e. The van der Waals surface area contributed by atoms with Crippen molar-refractivity contribution in [3.63, 3.8) is 0 Å². The number of allylic oxidation sites excluding steroid dienone is 3. The lowest BCUT2D eigenvalue weighted by molar-refractivity contribution is 0.402. The number of H-pyrrole nitrogens is 2. The van der Waals surface area contributed by atoms with Crippen molar-refractivity contribution in [1.29, 1.82) is 0 Å². The molecule has 0 amide bonds. The Kier molecular flexibility index (Phi) is 5.57. The van der Waals surface area contributed by atoms with Crippen molar-refractivity contribution in [2.75, 3.05) is 14.1 Å². The van der Waals surface area contributed by atoms with E-state index in [0.717, 1.165) is 28.1 Å². The number of rotatable bonds is 5. The number of aromatic amines is 2. The van der Waals surface area contributed by atoms with Gasteiger partial charge in [-0.05, 0) is 49.5 Å². The molecule has 0 aliphatic heterocycles.